The van der Waals surface area contributed by atoms with Crippen molar-refractivity contribution < 1.29 is 23.5 Å². The number of ether oxygens (including phenoxy) is 2. The van der Waals surface area contributed by atoms with E-state index < -0.39 is 17.8 Å². The number of carbonyl (C=O) groups is 2. The highest BCUT2D eigenvalue weighted by atomic mass is 35.5. The van der Waals surface area contributed by atoms with Gasteiger partial charge in [-0.15, -0.1) is 0 Å². The monoisotopic (exact) mass is 555 g/mol. The molecule has 1 aliphatic heterocycles. The van der Waals surface area contributed by atoms with E-state index in [-0.39, 0.29) is 5.56 Å². The normalized spacial score (nSPS) is 13.9. The summed E-state index contributed by atoms with van der Waals surface area (Å²) in [6.45, 7) is 5.52. The number of nitrogens with one attached hydrogen (secondary N) is 3. The Labute approximate surface area is 231 Å². The number of amides is 3. The molecule has 1 fully saturated rings. The molecule has 0 radical (unpaired) electrons. The van der Waals surface area contributed by atoms with Crippen LogP contribution in [0.2, 0.25) is 5.02 Å². The predicted molar refractivity (Wildman–Crippen MR) is 150 cm³/mol. The zero-order valence-corrected chi connectivity index (χ0v) is 22.6. The zero-order chi connectivity index (χ0) is 27.8. The number of piperazine rings is 1. The fourth-order valence-corrected chi connectivity index (χ4v) is 4.20. The van der Waals surface area contributed by atoms with Gasteiger partial charge in [-0.3, -0.25) is 9.69 Å². The average Bonchev–Trinajstić information content (AvgIpc) is 2.92. The van der Waals surface area contributed by atoms with E-state index >= 15 is 0 Å². The topological polar surface area (TPSA) is 95.2 Å². The van der Waals surface area contributed by atoms with Gasteiger partial charge in [0.05, 0.1) is 10.6 Å². The van der Waals surface area contributed by atoms with E-state index in [2.05, 4.69) is 32.8 Å². The highest BCUT2D eigenvalue weighted by molar-refractivity contribution is 6.32. The van der Waals surface area contributed by atoms with Crippen LogP contribution in [0, 0.1) is 5.82 Å². The molecule has 0 saturated carbocycles. The molecule has 0 aliphatic carbocycles. The molecule has 1 heterocycles. The van der Waals surface area contributed by atoms with Gasteiger partial charge in [0.2, 0.25) is 0 Å². The number of hydrogen-bond donors (Lipinski definition) is 3. The van der Waals surface area contributed by atoms with E-state index in [4.69, 9.17) is 21.1 Å². The first-order chi connectivity index (χ1) is 18.8. The summed E-state index contributed by atoms with van der Waals surface area (Å²) < 4.78 is 25.4. The molecule has 3 aromatic rings. The summed E-state index contributed by atoms with van der Waals surface area (Å²) in [6, 6.07) is 15.2. The number of halogens is 2. The van der Waals surface area contributed by atoms with E-state index in [1.54, 1.807) is 42.5 Å². The molecule has 0 aromatic heterocycles. The van der Waals surface area contributed by atoms with E-state index in [0.29, 0.717) is 40.3 Å². The molecule has 3 amide bonds. The second-order valence-corrected chi connectivity index (χ2v) is 9.47. The SMILES string of the molecule is CNC(=O)c1cc(Oc2ccc(NC(=O)Nc3ccc(OCCN4CCN(C)CC4)c(Cl)c3)cc2)ccc1F. The number of carbonyl (C=O) groups excluding carboxylic acids is 2. The summed E-state index contributed by atoms with van der Waals surface area (Å²) in [5.41, 5.74) is 0.933. The fourth-order valence-electron chi connectivity index (χ4n) is 3.96. The maximum Gasteiger partial charge on any atom is 0.323 e. The highest BCUT2D eigenvalue weighted by Crippen LogP contribution is 2.28. The Morgan fingerprint density at radius 2 is 1.59 bits per heavy atom. The predicted octanol–water partition coefficient (Wildman–Crippen LogP) is 4.90. The molecule has 3 aromatic carbocycles. The number of urea groups is 1. The summed E-state index contributed by atoms with van der Waals surface area (Å²) in [6.07, 6.45) is 0. The Morgan fingerprint density at radius 1 is 0.923 bits per heavy atom. The lowest BCUT2D eigenvalue weighted by atomic mass is 10.2. The third-order valence-electron chi connectivity index (χ3n) is 6.21. The first kappa shape index (κ1) is 28.2. The van der Waals surface area contributed by atoms with Crippen molar-refractivity contribution in [2.75, 3.05) is 64.1 Å². The smallest absolute Gasteiger partial charge is 0.323 e. The van der Waals surface area contributed by atoms with Gasteiger partial charge in [-0.25, -0.2) is 9.18 Å². The maximum atomic E-state index is 13.9. The Hall–Kier alpha value is -3.86. The molecule has 4 rings (SSSR count). The van der Waals surface area contributed by atoms with Gasteiger partial charge in [0.15, 0.2) is 0 Å². The molecule has 1 saturated heterocycles. The molecule has 0 spiro atoms. The first-order valence-electron chi connectivity index (χ1n) is 12.5. The Bertz CT molecular complexity index is 1300. The van der Waals surface area contributed by atoms with Crippen LogP contribution in [0.3, 0.4) is 0 Å². The second-order valence-electron chi connectivity index (χ2n) is 9.06. The summed E-state index contributed by atoms with van der Waals surface area (Å²) in [7, 11) is 3.55. The van der Waals surface area contributed by atoms with Crippen molar-refractivity contribution in [3.8, 4) is 17.2 Å². The van der Waals surface area contributed by atoms with Crippen molar-refractivity contribution >= 4 is 34.9 Å². The van der Waals surface area contributed by atoms with Crippen molar-refractivity contribution in [1.29, 1.82) is 0 Å². The molecule has 39 heavy (non-hydrogen) atoms. The van der Waals surface area contributed by atoms with Crippen LogP contribution in [-0.2, 0) is 0 Å². The van der Waals surface area contributed by atoms with Crippen LogP contribution in [0.15, 0.2) is 60.7 Å². The molecule has 0 unspecified atom stereocenters. The summed E-state index contributed by atoms with van der Waals surface area (Å²) >= 11 is 6.37. The van der Waals surface area contributed by atoms with Crippen molar-refractivity contribution in [2.24, 2.45) is 0 Å². The number of anilines is 2. The quantitative estimate of drug-likeness (QED) is 0.348. The van der Waals surface area contributed by atoms with E-state index in [1.165, 1.54) is 25.2 Å². The number of benzene rings is 3. The minimum atomic E-state index is -0.642. The maximum absolute atomic E-state index is 13.9. The molecule has 3 N–H and O–H groups in total. The van der Waals surface area contributed by atoms with Gasteiger partial charge in [0, 0.05) is 51.1 Å². The minimum Gasteiger partial charge on any atom is -0.491 e. The summed E-state index contributed by atoms with van der Waals surface area (Å²) in [5, 5.41) is 8.28. The van der Waals surface area contributed by atoms with Gasteiger partial charge in [0.1, 0.15) is 29.7 Å². The van der Waals surface area contributed by atoms with Crippen LogP contribution < -0.4 is 25.4 Å². The number of nitrogens with zero attached hydrogens (tertiary/aromatic N) is 2. The molecular weight excluding hydrogens is 525 g/mol. The van der Waals surface area contributed by atoms with E-state index in [9.17, 15) is 14.0 Å². The van der Waals surface area contributed by atoms with Crippen LogP contribution in [0.4, 0.5) is 20.6 Å². The molecular formula is C28H31ClFN5O4. The van der Waals surface area contributed by atoms with E-state index in [0.717, 1.165) is 32.7 Å². The Morgan fingerprint density at radius 3 is 2.28 bits per heavy atom. The third-order valence-corrected chi connectivity index (χ3v) is 6.50. The number of hydrogen-bond acceptors (Lipinski definition) is 6. The van der Waals surface area contributed by atoms with Crippen molar-refractivity contribution in [3.63, 3.8) is 0 Å². The lowest BCUT2D eigenvalue weighted by Gasteiger charge is -2.32. The second kappa shape index (κ2) is 13.3. The minimum absolute atomic E-state index is 0.115. The summed E-state index contributed by atoms with van der Waals surface area (Å²) in [5.74, 6) is 0.128. The molecule has 0 atom stereocenters. The highest BCUT2D eigenvalue weighted by Gasteiger charge is 2.14. The third kappa shape index (κ3) is 8.06. The fraction of sp³-hybridized carbons (Fsp3) is 0.286. The van der Waals surface area contributed by atoms with Crippen molar-refractivity contribution in [3.05, 3.63) is 77.1 Å². The van der Waals surface area contributed by atoms with Gasteiger partial charge in [0.25, 0.3) is 5.91 Å². The number of likely N-dealkylation sites (N-methyl/N-ethyl adjacent to an activating group) is 1. The van der Waals surface area contributed by atoms with Crippen LogP contribution in [-0.4, -0.2) is 75.2 Å². The van der Waals surface area contributed by atoms with Gasteiger partial charge in [-0.2, -0.15) is 0 Å². The number of rotatable bonds is 9. The van der Waals surface area contributed by atoms with Gasteiger partial charge in [-0.1, -0.05) is 11.6 Å². The van der Waals surface area contributed by atoms with Crippen molar-refractivity contribution in [1.82, 2.24) is 15.1 Å². The average molecular weight is 556 g/mol. The molecule has 0 bridgehead atoms. The van der Waals surface area contributed by atoms with Gasteiger partial charge >= 0.3 is 6.03 Å². The Kier molecular flexibility index (Phi) is 9.59. The van der Waals surface area contributed by atoms with Crippen LogP contribution in [0.25, 0.3) is 0 Å². The Balaban J connectivity index is 1.25. The van der Waals surface area contributed by atoms with Gasteiger partial charge in [-0.05, 0) is 67.7 Å². The standard InChI is InChI=1S/C28H31ClFN5O4/c1-31-27(36)23-18-22(8-9-25(23)30)39-21-6-3-19(4-7-21)32-28(37)33-20-5-10-26(24(29)17-20)38-16-15-35-13-11-34(2)12-14-35/h3-10,17-18H,11-16H2,1-2H3,(H,31,36)(H2,32,33,37). The lowest BCUT2D eigenvalue weighted by molar-refractivity contribution is 0.0958. The first-order valence-corrected chi connectivity index (χ1v) is 12.9. The van der Waals surface area contributed by atoms with Crippen LogP contribution in [0.5, 0.6) is 17.2 Å². The molecule has 1 aliphatic rings. The largest absolute Gasteiger partial charge is 0.491 e. The van der Waals surface area contributed by atoms with E-state index in [1.807, 2.05) is 0 Å². The zero-order valence-electron chi connectivity index (χ0n) is 21.8. The summed E-state index contributed by atoms with van der Waals surface area (Å²) in [4.78, 5) is 28.9. The molecule has 206 valence electrons. The molecule has 9 nitrogen and oxygen atoms in total. The lowest BCUT2D eigenvalue weighted by Crippen LogP contribution is -2.45. The van der Waals surface area contributed by atoms with Crippen LogP contribution >= 0.6 is 11.6 Å². The van der Waals surface area contributed by atoms with Crippen LogP contribution in [0.1, 0.15) is 10.4 Å². The molecule has 11 heteroatoms. The van der Waals surface area contributed by atoms with Crippen molar-refractivity contribution in [2.45, 2.75) is 0 Å². The van der Waals surface area contributed by atoms with Gasteiger partial charge < -0.3 is 30.3 Å².